The average molecular weight is 367 g/mol. The molecule has 4 nitrogen and oxygen atoms in total. The van der Waals surface area contributed by atoms with Crippen molar-refractivity contribution in [3.05, 3.63) is 40.8 Å². The molecule has 118 valence electrons. The number of fused-ring (bicyclic) bond motifs is 1. The number of benzene rings is 1. The third kappa shape index (κ3) is 3.20. The van der Waals surface area contributed by atoms with Crippen LogP contribution in [0.15, 0.2) is 40.8 Å². The Kier molecular flexibility index (Phi) is 4.84. The lowest BCUT2D eigenvalue weighted by Gasteiger charge is -2.37. The number of Topliss-reactive ketones (excluding diaryl/α,β-unsaturated/α-hetero) is 1. The molecule has 5 heteroatoms. The predicted octanol–water partition coefficient (Wildman–Crippen LogP) is 3.84. The molecule has 3 unspecified atom stereocenters. The Morgan fingerprint density at radius 1 is 1.32 bits per heavy atom. The van der Waals surface area contributed by atoms with Crippen LogP contribution >= 0.6 is 15.9 Å². The van der Waals surface area contributed by atoms with E-state index in [4.69, 9.17) is 14.2 Å². The quantitative estimate of drug-likeness (QED) is 0.811. The highest BCUT2D eigenvalue weighted by atomic mass is 79.9. The molecule has 0 radical (unpaired) electrons. The Balaban J connectivity index is 1.71. The smallest absolute Gasteiger partial charge is 0.208 e. The van der Waals surface area contributed by atoms with Crippen LogP contribution in [0.2, 0.25) is 0 Å². The zero-order chi connectivity index (χ0) is 15.5. The van der Waals surface area contributed by atoms with E-state index >= 15 is 0 Å². The van der Waals surface area contributed by atoms with Crippen LogP contribution in [0.3, 0.4) is 0 Å². The van der Waals surface area contributed by atoms with Crippen molar-refractivity contribution in [3.8, 4) is 5.75 Å². The van der Waals surface area contributed by atoms with Crippen molar-refractivity contribution in [2.75, 3.05) is 6.61 Å². The Labute approximate surface area is 138 Å². The van der Waals surface area contributed by atoms with Gasteiger partial charge >= 0.3 is 0 Å². The molecule has 0 saturated heterocycles. The predicted molar refractivity (Wildman–Crippen MR) is 85.5 cm³/mol. The maximum atomic E-state index is 12.6. The van der Waals surface area contributed by atoms with E-state index in [9.17, 15) is 4.79 Å². The van der Waals surface area contributed by atoms with Crippen molar-refractivity contribution in [2.24, 2.45) is 5.92 Å². The summed E-state index contributed by atoms with van der Waals surface area (Å²) in [7, 11) is 0. The van der Waals surface area contributed by atoms with Gasteiger partial charge in [0.1, 0.15) is 18.1 Å². The molecule has 3 rings (SSSR count). The van der Waals surface area contributed by atoms with Crippen molar-refractivity contribution < 1.29 is 19.0 Å². The highest BCUT2D eigenvalue weighted by Crippen LogP contribution is 2.36. The van der Waals surface area contributed by atoms with Gasteiger partial charge in [-0.15, -0.1) is 0 Å². The van der Waals surface area contributed by atoms with E-state index < -0.39 is 0 Å². The number of hydrogen-bond acceptors (Lipinski definition) is 4. The van der Waals surface area contributed by atoms with Crippen LogP contribution in [0.25, 0.3) is 0 Å². The minimum absolute atomic E-state index is 0.0296. The Hall–Kier alpha value is -1.33. The van der Waals surface area contributed by atoms with E-state index in [1.54, 1.807) is 0 Å². The molecule has 1 saturated carbocycles. The third-order valence-corrected chi connectivity index (χ3v) is 4.79. The molecule has 1 heterocycles. The van der Waals surface area contributed by atoms with Crippen LogP contribution in [0.4, 0.5) is 0 Å². The topological polar surface area (TPSA) is 44.8 Å². The molecule has 0 bridgehead atoms. The molecule has 0 N–H and O–H groups in total. The van der Waals surface area contributed by atoms with Crippen LogP contribution in [0.1, 0.15) is 26.2 Å². The Morgan fingerprint density at radius 2 is 2.14 bits per heavy atom. The summed E-state index contributed by atoms with van der Waals surface area (Å²) in [6.45, 7) is 2.69. The van der Waals surface area contributed by atoms with E-state index in [1.807, 2.05) is 31.2 Å². The SMILES string of the molecule is CCOC1CCC2C(=O)C(Oc3ccccc3Br)=COC2C1. The molecular weight excluding hydrogens is 348 g/mol. The first-order chi connectivity index (χ1) is 10.7. The van der Waals surface area contributed by atoms with Gasteiger partial charge in [0.25, 0.3) is 0 Å². The monoisotopic (exact) mass is 366 g/mol. The van der Waals surface area contributed by atoms with E-state index in [0.717, 1.165) is 23.7 Å². The minimum Gasteiger partial charge on any atom is -0.493 e. The largest absolute Gasteiger partial charge is 0.493 e. The van der Waals surface area contributed by atoms with Crippen molar-refractivity contribution in [2.45, 2.75) is 38.4 Å². The fraction of sp³-hybridized carbons (Fsp3) is 0.471. The maximum Gasteiger partial charge on any atom is 0.208 e. The summed E-state index contributed by atoms with van der Waals surface area (Å²) in [6, 6.07) is 7.46. The van der Waals surface area contributed by atoms with Gasteiger partial charge in [-0.1, -0.05) is 12.1 Å². The molecule has 3 atom stereocenters. The number of rotatable bonds is 4. The number of carbonyl (C=O) groups excluding carboxylic acids is 1. The van der Waals surface area contributed by atoms with Gasteiger partial charge in [0.05, 0.1) is 16.5 Å². The van der Waals surface area contributed by atoms with E-state index in [-0.39, 0.29) is 29.7 Å². The lowest BCUT2D eigenvalue weighted by molar-refractivity contribution is -0.133. The minimum atomic E-state index is -0.126. The number of ketones is 1. The molecule has 0 aromatic heterocycles. The molecule has 1 aromatic carbocycles. The highest BCUT2D eigenvalue weighted by Gasteiger charge is 2.41. The normalized spacial score (nSPS) is 27.6. The molecule has 1 aliphatic heterocycles. The number of carbonyl (C=O) groups is 1. The molecule has 22 heavy (non-hydrogen) atoms. The molecule has 1 fully saturated rings. The van der Waals surface area contributed by atoms with Crippen LogP contribution in [-0.4, -0.2) is 24.6 Å². The van der Waals surface area contributed by atoms with Gasteiger partial charge in [0.15, 0.2) is 0 Å². The number of hydrogen-bond donors (Lipinski definition) is 0. The van der Waals surface area contributed by atoms with Gasteiger partial charge in [0, 0.05) is 13.0 Å². The van der Waals surface area contributed by atoms with Crippen molar-refractivity contribution in [1.82, 2.24) is 0 Å². The second-order valence-electron chi connectivity index (χ2n) is 5.55. The molecule has 0 spiro atoms. The lowest BCUT2D eigenvalue weighted by Crippen LogP contribution is -2.42. The van der Waals surface area contributed by atoms with Crippen LogP contribution in [-0.2, 0) is 14.3 Å². The molecule has 1 aliphatic carbocycles. The Bertz CT molecular complexity index is 584. The fourth-order valence-corrected chi connectivity index (χ4v) is 3.41. The van der Waals surface area contributed by atoms with Crippen molar-refractivity contribution in [3.63, 3.8) is 0 Å². The summed E-state index contributed by atoms with van der Waals surface area (Å²) in [5.74, 6) is 0.802. The first kappa shape index (κ1) is 15.6. The molecule has 2 aliphatic rings. The summed E-state index contributed by atoms with van der Waals surface area (Å²) < 4.78 is 17.9. The van der Waals surface area contributed by atoms with E-state index in [1.165, 1.54) is 6.26 Å². The van der Waals surface area contributed by atoms with Crippen molar-refractivity contribution in [1.29, 1.82) is 0 Å². The zero-order valence-electron chi connectivity index (χ0n) is 12.5. The molecule has 0 amide bonds. The first-order valence-electron chi connectivity index (χ1n) is 7.63. The zero-order valence-corrected chi connectivity index (χ0v) is 14.0. The summed E-state index contributed by atoms with van der Waals surface area (Å²) in [4.78, 5) is 12.6. The van der Waals surface area contributed by atoms with Gasteiger partial charge in [0.2, 0.25) is 11.5 Å². The van der Waals surface area contributed by atoms with Crippen molar-refractivity contribution >= 4 is 21.7 Å². The lowest BCUT2D eigenvalue weighted by atomic mass is 9.80. The van der Waals surface area contributed by atoms with E-state index in [0.29, 0.717) is 12.4 Å². The molecule has 1 aromatic rings. The number of allylic oxidation sites excluding steroid dienone is 1. The summed E-state index contributed by atoms with van der Waals surface area (Å²) in [5.41, 5.74) is 0. The molecular formula is C17H19BrO4. The summed E-state index contributed by atoms with van der Waals surface area (Å²) in [6.07, 6.45) is 4.00. The van der Waals surface area contributed by atoms with Crippen LogP contribution in [0.5, 0.6) is 5.75 Å². The average Bonchev–Trinajstić information content (AvgIpc) is 2.52. The maximum absolute atomic E-state index is 12.6. The number of halogens is 1. The highest BCUT2D eigenvalue weighted by molar-refractivity contribution is 9.10. The second kappa shape index (κ2) is 6.84. The fourth-order valence-electron chi connectivity index (χ4n) is 3.04. The van der Waals surface area contributed by atoms with Gasteiger partial charge in [-0.25, -0.2) is 0 Å². The Morgan fingerprint density at radius 3 is 2.91 bits per heavy atom. The summed E-state index contributed by atoms with van der Waals surface area (Å²) >= 11 is 3.42. The van der Waals surface area contributed by atoms with Gasteiger partial charge in [-0.3, -0.25) is 4.79 Å². The van der Waals surface area contributed by atoms with E-state index in [2.05, 4.69) is 15.9 Å². The van der Waals surface area contributed by atoms with Gasteiger partial charge < -0.3 is 14.2 Å². The third-order valence-electron chi connectivity index (χ3n) is 4.13. The van der Waals surface area contributed by atoms with Crippen LogP contribution in [0, 0.1) is 5.92 Å². The van der Waals surface area contributed by atoms with Gasteiger partial charge in [-0.05, 0) is 47.8 Å². The standard InChI is InChI=1S/C17H19BrO4/c1-2-20-11-7-8-12-15(9-11)21-10-16(17(12)19)22-14-6-4-3-5-13(14)18/h3-6,10-12,15H,2,7-9H2,1H3. The van der Waals surface area contributed by atoms with Crippen LogP contribution < -0.4 is 4.74 Å². The second-order valence-corrected chi connectivity index (χ2v) is 6.40. The number of ether oxygens (including phenoxy) is 3. The summed E-state index contributed by atoms with van der Waals surface area (Å²) in [5, 5.41) is 0. The first-order valence-corrected chi connectivity index (χ1v) is 8.42. The van der Waals surface area contributed by atoms with Gasteiger partial charge in [-0.2, -0.15) is 0 Å². The number of para-hydroxylation sites is 1.